The van der Waals surface area contributed by atoms with Crippen molar-refractivity contribution in [2.24, 2.45) is 5.92 Å². The number of rotatable bonds is 6. The summed E-state index contributed by atoms with van der Waals surface area (Å²) in [4.78, 5) is 0. The van der Waals surface area contributed by atoms with Crippen molar-refractivity contribution >= 4 is 0 Å². The van der Waals surface area contributed by atoms with Crippen molar-refractivity contribution in [3.05, 3.63) is 28.8 Å². The highest BCUT2D eigenvalue weighted by Gasteiger charge is 2.27. The Morgan fingerprint density at radius 1 is 1.32 bits per heavy atom. The molecule has 1 aromatic rings. The minimum absolute atomic E-state index is 0.518. The highest BCUT2D eigenvalue weighted by molar-refractivity contribution is 5.47. The molecule has 2 N–H and O–H groups in total. The third-order valence-corrected chi connectivity index (χ3v) is 3.48. The first kappa shape index (κ1) is 16.0. The molecule has 0 saturated carbocycles. The molecule has 3 heteroatoms. The molecule has 1 rings (SSSR count). The maximum absolute atomic E-state index is 10.7. The van der Waals surface area contributed by atoms with Crippen LogP contribution in [0.3, 0.4) is 0 Å². The Morgan fingerprint density at radius 2 is 1.95 bits per heavy atom. The van der Waals surface area contributed by atoms with Crippen LogP contribution in [0.15, 0.2) is 12.1 Å². The topological polar surface area (TPSA) is 41.5 Å². The van der Waals surface area contributed by atoms with E-state index in [9.17, 15) is 5.11 Å². The molecule has 3 nitrogen and oxygen atoms in total. The van der Waals surface area contributed by atoms with E-state index < -0.39 is 5.60 Å². The number of ether oxygens (including phenoxy) is 1. The Kier molecular flexibility index (Phi) is 5.39. The maximum atomic E-state index is 10.7. The van der Waals surface area contributed by atoms with Gasteiger partial charge in [-0.1, -0.05) is 26.0 Å². The van der Waals surface area contributed by atoms with Gasteiger partial charge in [0.25, 0.3) is 0 Å². The van der Waals surface area contributed by atoms with Crippen LogP contribution in [0.25, 0.3) is 0 Å². The third kappa shape index (κ3) is 3.95. The van der Waals surface area contributed by atoms with Gasteiger partial charge in [-0.15, -0.1) is 0 Å². The van der Waals surface area contributed by atoms with Gasteiger partial charge in [0.15, 0.2) is 0 Å². The van der Waals surface area contributed by atoms with Crippen molar-refractivity contribution in [3.63, 3.8) is 0 Å². The van der Waals surface area contributed by atoms with Crippen LogP contribution in [0, 0.1) is 19.8 Å². The molecule has 0 radical (unpaired) electrons. The molecule has 0 aliphatic heterocycles. The molecule has 0 aliphatic carbocycles. The normalized spacial score (nSPS) is 14.5. The molecule has 1 unspecified atom stereocenters. The first-order valence-corrected chi connectivity index (χ1v) is 6.87. The molecule has 19 heavy (non-hydrogen) atoms. The molecule has 0 aliphatic rings. The van der Waals surface area contributed by atoms with Crippen molar-refractivity contribution in [3.8, 4) is 5.75 Å². The molecule has 0 bridgehead atoms. The average Bonchev–Trinajstić information content (AvgIpc) is 2.31. The van der Waals surface area contributed by atoms with Gasteiger partial charge in [0.1, 0.15) is 11.4 Å². The van der Waals surface area contributed by atoms with Gasteiger partial charge in [0.2, 0.25) is 0 Å². The summed E-state index contributed by atoms with van der Waals surface area (Å²) in [7, 11) is 1.66. The van der Waals surface area contributed by atoms with Crippen LogP contribution in [-0.4, -0.2) is 25.3 Å². The molecule has 0 aromatic heterocycles. The van der Waals surface area contributed by atoms with E-state index in [-0.39, 0.29) is 0 Å². The van der Waals surface area contributed by atoms with E-state index in [1.165, 1.54) is 5.56 Å². The van der Waals surface area contributed by atoms with Crippen LogP contribution in [0.1, 0.15) is 37.5 Å². The second-order valence-electron chi connectivity index (χ2n) is 5.89. The second kappa shape index (κ2) is 6.40. The predicted molar refractivity (Wildman–Crippen MR) is 79.7 cm³/mol. The van der Waals surface area contributed by atoms with Gasteiger partial charge < -0.3 is 15.2 Å². The second-order valence-corrected chi connectivity index (χ2v) is 5.89. The summed E-state index contributed by atoms with van der Waals surface area (Å²) in [5, 5.41) is 14.0. The first-order chi connectivity index (χ1) is 8.79. The fourth-order valence-electron chi connectivity index (χ4n) is 2.18. The zero-order chi connectivity index (χ0) is 14.6. The Bertz CT molecular complexity index is 425. The summed E-state index contributed by atoms with van der Waals surface area (Å²) in [5.74, 6) is 1.36. The highest BCUT2D eigenvalue weighted by Crippen LogP contribution is 2.33. The number of methoxy groups -OCH3 is 1. The van der Waals surface area contributed by atoms with E-state index in [1.807, 2.05) is 32.9 Å². The Balaban J connectivity index is 2.97. The Labute approximate surface area is 117 Å². The van der Waals surface area contributed by atoms with Gasteiger partial charge in [-0.25, -0.2) is 0 Å². The molecule has 0 amide bonds. The van der Waals surface area contributed by atoms with Crippen molar-refractivity contribution in [1.82, 2.24) is 5.32 Å². The summed E-state index contributed by atoms with van der Waals surface area (Å²) in [6.45, 7) is 11.6. The number of hydrogen-bond acceptors (Lipinski definition) is 3. The smallest absolute Gasteiger partial charge is 0.128 e. The summed E-state index contributed by atoms with van der Waals surface area (Å²) in [6.07, 6.45) is 0. The van der Waals surface area contributed by atoms with Crippen LogP contribution in [0.2, 0.25) is 0 Å². The lowest BCUT2D eigenvalue weighted by Crippen LogP contribution is -2.37. The molecule has 1 aromatic carbocycles. The fourth-order valence-corrected chi connectivity index (χ4v) is 2.18. The zero-order valence-corrected chi connectivity index (χ0v) is 13.0. The van der Waals surface area contributed by atoms with Crippen LogP contribution in [0.4, 0.5) is 0 Å². The summed E-state index contributed by atoms with van der Waals surface area (Å²) in [5.41, 5.74) is 2.17. The molecule has 1 atom stereocenters. The summed E-state index contributed by atoms with van der Waals surface area (Å²) in [6, 6.07) is 3.99. The molecule has 0 fully saturated rings. The monoisotopic (exact) mass is 265 g/mol. The van der Waals surface area contributed by atoms with Crippen molar-refractivity contribution < 1.29 is 9.84 Å². The van der Waals surface area contributed by atoms with Gasteiger partial charge in [-0.2, -0.15) is 0 Å². The van der Waals surface area contributed by atoms with Crippen LogP contribution < -0.4 is 10.1 Å². The van der Waals surface area contributed by atoms with E-state index >= 15 is 0 Å². The molecular formula is C16H27NO2. The SMILES string of the molecule is COc1c(C(C)(O)CNCC(C)C)ccc(C)c1C. The number of aliphatic hydroxyl groups is 1. The minimum Gasteiger partial charge on any atom is -0.496 e. The molecular weight excluding hydrogens is 238 g/mol. The van der Waals surface area contributed by atoms with Crippen LogP contribution >= 0.6 is 0 Å². The summed E-state index contributed by atoms with van der Waals surface area (Å²) >= 11 is 0. The van der Waals surface area contributed by atoms with Gasteiger partial charge in [0, 0.05) is 12.1 Å². The summed E-state index contributed by atoms with van der Waals surface area (Å²) < 4.78 is 5.48. The van der Waals surface area contributed by atoms with E-state index in [0.717, 1.165) is 23.4 Å². The highest BCUT2D eigenvalue weighted by atomic mass is 16.5. The lowest BCUT2D eigenvalue weighted by molar-refractivity contribution is 0.0537. The lowest BCUT2D eigenvalue weighted by Gasteiger charge is -2.28. The number of hydrogen-bond donors (Lipinski definition) is 2. The fraction of sp³-hybridized carbons (Fsp3) is 0.625. The average molecular weight is 265 g/mol. The van der Waals surface area contributed by atoms with E-state index in [1.54, 1.807) is 7.11 Å². The minimum atomic E-state index is -0.932. The molecule has 0 heterocycles. The zero-order valence-electron chi connectivity index (χ0n) is 13.0. The van der Waals surface area contributed by atoms with Crippen LogP contribution in [0.5, 0.6) is 5.75 Å². The van der Waals surface area contributed by atoms with E-state index in [2.05, 4.69) is 19.2 Å². The molecule has 0 spiro atoms. The number of nitrogens with one attached hydrogen (secondary N) is 1. The number of benzene rings is 1. The van der Waals surface area contributed by atoms with Crippen LogP contribution in [-0.2, 0) is 5.60 Å². The largest absolute Gasteiger partial charge is 0.496 e. The first-order valence-electron chi connectivity index (χ1n) is 6.87. The molecule has 108 valence electrons. The maximum Gasteiger partial charge on any atom is 0.128 e. The Morgan fingerprint density at radius 3 is 2.47 bits per heavy atom. The van der Waals surface area contributed by atoms with Crippen molar-refractivity contribution in [1.29, 1.82) is 0 Å². The molecule has 0 saturated heterocycles. The Hall–Kier alpha value is -1.06. The standard InChI is InChI=1S/C16H27NO2/c1-11(2)9-17-10-16(5,18)14-8-7-12(3)13(4)15(14)19-6/h7-8,11,17-18H,9-10H2,1-6H3. The van der Waals surface area contributed by atoms with Gasteiger partial charge >= 0.3 is 0 Å². The quantitative estimate of drug-likeness (QED) is 0.831. The van der Waals surface area contributed by atoms with Gasteiger partial charge in [-0.05, 0) is 44.4 Å². The van der Waals surface area contributed by atoms with Crippen molar-refractivity contribution in [2.45, 2.75) is 40.2 Å². The van der Waals surface area contributed by atoms with Crippen molar-refractivity contribution in [2.75, 3.05) is 20.2 Å². The van der Waals surface area contributed by atoms with E-state index in [0.29, 0.717) is 12.5 Å². The third-order valence-electron chi connectivity index (χ3n) is 3.48. The van der Waals surface area contributed by atoms with Gasteiger partial charge in [-0.3, -0.25) is 0 Å². The predicted octanol–water partition coefficient (Wildman–Crippen LogP) is 2.77. The number of aryl methyl sites for hydroxylation is 1. The lowest BCUT2D eigenvalue weighted by atomic mass is 9.91. The van der Waals surface area contributed by atoms with E-state index in [4.69, 9.17) is 4.74 Å². The van der Waals surface area contributed by atoms with Gasteiger partial charge in [0.05, 0.1) is 7.11 Å².